The maximum absolute atomic E-state index is 12.5. The van der Waals surface area contributed by atoms with Crippen LogP contribution in [0.1, 0.15) is 36.5 Å². The lowest BCUT2D eigenvalue weighted by Crippen LogP contribution is -2.43. The fraction of sp³-hybridized carbons (Fsp3) is 0.364. The van der Waals surface area contributed by atoms with E-state index in [4.69, 9.17) is 0 Å². The smallest absolute Gasteiger partial charge is 0.317 e. The van der Waals surface area contributed by atoms with Crippen LogP contribution >= 0.6 is 0 Å². The van der Waals surface area contributed by atoms with E-state index in [1.807, 2.05) is 36.4 Å². The monoisotopic (exact) mass is 365 g/mol. The van der Waals surface area contributed by atoms with Crippen molar-refractivity contribution in [2.24, 2.45) is 0 Å². The average Bonchev–Trinajstić information content (AvgIpc) is 3.10. The van der Waals surface area contributed by atoms with Crippen molar-refractivity contribution < 1.29 is 9.59 Å². The van der Waals surface area contributed by atoms with Gasteiger partial charge in [-0.25, -0.2) is 4.79 Å². The van der Waals surface area contributed by atoms with E-state index in [2.05, 4.69) is 31.3 Å². The van der Waals surface area contributed by atoms with Crippen LogP contribution in [-0.2, 0) is 17.8 Å². The topological polar surface area (TPSA) is 52.7 Å². The van der Waals surface area contributed by atoms with E-state index in [-0.39, 0.29) is 18.5 Å². The van der Waals surface area contributed by atoms with Gasteiger partial charge in [-0.15, -0.1) is 0 Å². The molecule has 0 fully saturated rings. The molecule has 0 atom stereocenters. The van der Waals surface area contributed by atoms with Crippen LogP contribution in [0.15, 0.2) is 48.5 Å². The molecule has 0 unspecified atom stereocenters. The van der Waals surface area contributed by atoms with Crippen LogP contribution in [0.25, 0.3) is 0 Å². The minimum atomic E-state index is -0.247. The van der Waals surface area contributed by atoms with Crippen LogP contribution in [-0.4, -0.2) is 37.0 Å². The van der Waals surface area contributed by atoms with Gasteiger partial charge in [0.1, 0.15) is 0 Å². The Balaban J connectivity index is 1.51. The van der Waals surface area contributed by atoms with Crippen molar-refractivity contribution in [2.45, 2.75) is 32.7 Å². The summed E-state index contributed by atoms with van der Waals surface area (Å²) in [4.78, 5) is 28.2. The molecule has 3 amide bonds. The zero-order valence-corrected chi connectivity index (χ0v) is 16.2. The maximum Gasteiger partial charge on any atom is 0.317 e. The Bertz CT molecular complexity index is 815. The Morgan fingerprint density at radius 2 is 1.81 bits per heavy atom. The van der Waals surface area contributed by atoms with E-state index in [1.54, 1.807) is 16.8 Å². The molecule has 142 valence electrons. The zero-order chi connectivity index (χ0) is 19.4. The summed E-state index contributed by atoms with van der Waals surface area (Å²) in [6.45, 7) is 5.50. The molecule has 0 aromatic heterocycles. The molecule has 1 heterocycles. The summed E-state index contributed by atoms with van der Waals surface area (Å²) in [7, 11) is 1.74. The first-order valence-corrected chi connectivity index (χ1v) is 9.42. The third-order valence-electron chi connectivity index (χ3n) is 4.99. The molecule has 0 saturated carbocycles. The number of urea groups is 1. The van der Waals surface area contributed by atoms with Gasteiger partial charge in [0.05, 0.1) is 6.54 Å². The summed E-state index contributed by atoms with van der Waals surface area (Å²) in [5.74, 6) is 0.407. The second kappa shape index (κ2) is 8.25. The van der Waals surface area contributed by atoms with Crippen LogP contribution in [0.3, 0.4) is 0 Å². The summed E-state index contributed by atoms with van der Waals surface area (Å²) in [6.07, 6.45) is 0.863. The molecule has 2 aromatic carbocycles. The molecular formula is C22H27N3O2. The van der Waals surface area contributed by atoms with Gasteiger partial charge in [0, 0.05) is 25.8 Å². The zero-order valence-electron chi connectivity index (χ0n) is 16.2. The fourth-order valence-corrected chi connectivity index (χ4v) is 3.33. The third-order valence-corrected chi connectivity index (χ3v) is 4.99. The van der Waals surface area contributed by atoms with Crippen LogP contribution in [0.2, 0.25) is 0 Å². The van der Waals surface area contributed by atoms with E-state index in [1.165, 1.54) is 11.1 Å². The average molecular weight is 365 g/mol. The van der Waals surface area contributed by atoms with E-state index >= 15 is 0 Å². The highest BCUT2D eigenvalue weighted by Gasteiger charge is 2.24. The first-order chi connectivity index (χ1) is 13.0. The molecule has 2 aromatic rings. The summed E-state index contributed by atoms with van der Waals surface area (Å²) in [5, 5.41) is 2.74. The SMILES string of the molecule is CC(C)c1ccc(CN(C)C(=O)NCC(=O)N2CCc3ccccc32)cc1. The van der Waals surface area contributed by atoms with E-state index in [0.717, 1.165) is 17.7 Å². The number of anilines is 1. The summed E-state index contributed by atoms with van der Waals surface area (Å²) in [6, 6.07) is 16.0. The number of nitrogens with one attached hydrogen (secondary N) is 1. The van der Waals surface area contributed by atoms with Crippen LogP contribution in [0, 0.1) is 0 Å². The second-order valence-corrected chi connectivity index (χ2v) is 7.34. The Morgan fingerprint density at radius 3 is 2.52 bits per heavy atom. The molecule has 0 saturated heterocycles. The number of hydrogen-bond donors (Lipinski definition) is 1. The number of benzene rings is 2. The van der Waals surface area contributed by atoms with E-state index < -0.39 is 0 Å². The highest BCUT2D eigenvalue weighted by Crippen LogP contribution is 2.27. The molecule has 0 aliphatic carbocycles. The first-order valence-electron chi connectivity index (χ1n) is 9.42. The van der Waals surface area contributed by atoms with Crippen molar-refractivity contribution >= 4 is 17.6 Å². The summed E-state index contributed by atoms with van der Waals surface area (Å²) in [5.41, 5.74) is 4.48. The molecule has 0 radical (unpaired) electrons. The predicted molar refractivity (Wildman–Crippen MR) is 108 cm³/mol. The summed E-state index contributed by atoms with van der Waals surface area (Å²) < 4.78 is 0. The van der Waals surface area contributed by atoms with Crippen LogP contribution < -0.4 is 10.2 Å². The molecule has 1 aliphatic heterocycles. The van der Waals surface area contributed by atoms with Crippen molar-refractivity contribution in [3.05, 3.63) is 65.2 Å². The lowest BCUT2D eigenvalue weighted by Gasteiger charge is -2.21. The number of fused-ring (bicyclic) bond motifs is 1. The number of carbonyl (C=O) groups is 2. The number of para-hydroxylation sites is 1. The number of carbonyl (C=O) groups excluding carboxylic acids is 2. The second-order valence-electron chi connectivity index (χ2n) is 7.34. The fourth-order valence-electron chi connectivity index (χ4n) is 3.33. The number of hydrogen-bond acceptors (Lipinski definition) is 2. The minimum Gasteiger partial charge on any atom is -0.329 e. The van der Waals surface area contributed by atoms with Crippen molar-refractivity contribution in [1.29, 1.82) is 0 Å². The Kier molecular flexibility index (Phi) is 5.79. The highest BCUT2D eigenvalue weighted by atomic mass is 16.2. The van der Waals surface area contributed by atoms with Crippen molar-refractivity contribution in [2.75, 3.05) is 25.0 Å². The lowest BCUT2D eigenvalue weighted by atomic mass is 10.0. The van der Waals surface area contributed by atoms with Gasteiger partial charge in [-0.3, -0.25) is 4.79 Å². The molecule has 1 N–H and O–H groups in total. The molecule has 0 bridgehead atoms. The minimum absolute atomic E-state index is 0.00376. The van der Waals surface area contributed by atoms with Gasteiger partial charge in [-0.05, 0) is 35.1 Å². The standard InChI is InChI=1S/C22H27N3O2/c1-16(2)18-10-8-17(9-11-18)15-24(3)22(27)23-14-21(26)25-13-12-19-6-4-5-7-20(19)25/h4-11,16H,12-15H2,1-3H3,(H,23,27). The molecule has 0 spiro atoms. The summed E-state index contributed by atoms with van der Waals surface area (Å²) >= 11 is 0. The van der Waals surface area contributed by atoms with Gasteiger partial charge >= 0.3 is 6.03 Å². The normalized spacial score (nSPS) is 12.8. The van der Waals surface area contributed by atoms with E-state index in [0.29, 0.717) is 19.0 Å². The first kappa shape index (κ1) is 19.0. The largest absolute Gasteiger partial charge is 0.329 e. The highest BCUT2D eigenvalue weighted by molar-refractivity contribution is 5.98. The molecule has 5 nitrogen and oxygen atoms in total. The molecule has 1 aliphatic rings. The molecule has 5 heteroatoms. The lowest BCUT2D eigenvalue weighted by molar-refractivity contribution is -0.117. The van der Waals surface area contributed by atoms with Crippen molar-refractivity contribution in [3.63, 3.8) is 0 Å². The Hall–Kier alpha value is -2.82. The van der Waals surface area contributed by atoms with Gasteiger partial charge < -0.3 is 15.1 Å². The van der Waals surface area contributed by atoms with Gasteiger partial charge in [0.25, 0.3) is 0 Å². The van der Waals surface area contributed by atoms with Crippen molar-refractivity contribution in [3.8, 4) is 0 Å². The Labute approximate surface area is 161 Å². The van der Waals surface area contributed by atoms with Crippen molar-refractivity contribution in [1.82, 2.24) is 10.2 Å². The number of nitrogens with zero attached hydrogens (tertiary/aromatic N) is 2. The maximum atomic E-state index is 12.5. The van der Waals surface area contributed by atoms with Gasteiger partial charge in [0.15, 0.2) is 0 Å². The third kappa shape index (κ3) is 4.48. The van der Waals surface area contributed by atoms with Crippen LogP contribution in [0.4, 0.5) is 10.5 Å². The quantitative estimate of drug-likeness (QED) is 0.881. The predicted octanol–water partition coefficient (Wildman–Crippen LogP) is 3.54. The number of rotatable bonds is 5. The van der Waals surface area contributed by atoms with Gasteiger partial charge in [-0.1, -0.05) is 56.3 Å². The molecule has 27 heavy (non-hydrogen) atoms. The Morgan fingerprint density at radius 1 is 1.11 bits per heavy atom. The van der Waals surface area contributed by atoms with E-state index in [9.17, 15) is 9.59 Å². The molecule has 3 rings (SSSR count). The van der Waals surface area contributed by atoms with Crippen LogP contribution in [0.5, 0.6) is 0 Å². The van der Waals surface area contributed by atoms with Gasteiger partial charge in [-0.2, -0.15) is 0 Å². The molecular weight excluding hydrogens is 338 g/mol. The number of amides is 3. The van der Waals surface area contributed by atoms with Gasteiger partial charge in [0.2, 0.25) is 5.91 Å².